The van der Waals surface area contributed by atoms with E-state index in [0.717, 1.165) is 15.2 Å². The zero-order valence-corrected chi connectivity index (χ0v) is 18.0. The smallest absolute Gasteiger partial charge is 0.277 e. The molecule has 0 saturated carbocycles. The number of phenols is 1. The standard InChI is InChI=1S/C20H16Br2N2O4/c1-27-18-9-12(8-16(22)20(18)26)10-23-24-19(25)11-28-17-7-6-15(21)13-4-2-3-5-14(13)17/h2-10,26H,11H2,1H3,(H,24,25)/b23-10+. The van der Waals surface area contributed by atoms with Gasteiger partial charge in [0.05, 0.1) is 17.8 Å². The van der Waals surface area contributed by atoms with Gasteiger partial charge in [0.2, 0.25) is 0 Å². The number of benzene rings is 3. The van der Waals surface area contributed by atoms with Crippen molar-refractivity contribution >= 4 is 54.8 Å². The van der Waals surface area contributed by atoms with Crippen LogP contribution >= 0.6 is 31.9 Å². The van der Waals surface area contributed by atoms with Gasteiger partial charge >= 0.3 is 0 Å². The van der Waals surface area contributed by atoms with E-state index in [-0.39, 0.29) is 12.4 Å². The molecular weight excluding hydrogens is 492 g/mol. The van der Waals surface area contributed by atoms with Gasteiger partial charge in [-0.3, -0.25) is 4.79 Å². The van der Waals surface area contributed by atoms with Crippen molar-refractivity contribution in [3.63, 3.8) is 0 Å². The van der Waals surface area contributed by atoms with Crippen LogP contribution in [0.3, 0.4) is 0 Å². The van der Waals surface area contributed by atoms with E-state index in [9.17, 15) is 9.90 Å². The Hall–Kier alpha value is -2.58. The molecule has 2 N–H and O–H groups in total. The summed E-state index contributed by atoms with van der Waals surface area (Å²) >= 11 is 6.74. The molecule has 6 nitrogen and oxygen atoms in total. The number of amides is 1. The molecule has 3 aromatic rings. The van der Waals surface area contributed by atoms with Crippen LogP contribution in [0.25, 0.3) is 10.8 Å². The Morgan fingerprint density at radius 1 is 1.11 bits per heavy atom. The van der Waals surface area contributed by atoms with Crippen molar-refractivity contribution in [2.24, 2.45) is 5.10 Å². The highest BCUT2D eigenvalue weighted by Gasteiger charge is 2.09. The summed E-state index contributed by atoms with van der Waals surface area (Å²) in [7, 11) is 1.45. The summed E-state index contributed by atoms with van der Waals surface area (Å²) in [5.74, 6) is 0.518. The van der Waals surface area contributed by atoms with Gasteiger partial charge in [-0.2, -0.15) is 5.10 Å². The van der Waals surface area contributed by atoms with Crippen molar-refractivity contribution in [2.75, 3.05) is 13.7 Å². The number of carbonyl (C=O) groups is 1. The van der Waals surface area contributed by atoms with E-state index in [1.807, 2.05) is 36.4 Å². The van der Waals surface area contributed by atoms with Gasteiger partial charge in [0.1, 0.15) is 5.75 Å². The van der Waals surface area contributed by atoms with Gasteiger partial charge in [-0.15, -0.1) is 0 Å². The zero-order chi connectivity index (χ0) is 20.1. The molecule has 8 heteroatoms. The number of hydrazone groups is 1. The molecular formula is C20H16Br2N2O4. The number of rotatable bonds is 6. The first-order chi connectivity index (χ1) is 13.5. The molecule has 0 unspecified atom stereocenters. The maximum atomic E-state index is 12.0. The third-order valence-electron chi connectivity index (χ3n) is 3.86. The molecule has 3 aromatic carbocycles. The normalized spacial score (nSPS) is 11.0. The van der Waals surface area contributed by atoms with E-state index in [0.29, 0.717) is 21.5 Å². The van der Waals surface area contributed by atoms with Crippen LogP contribution in [0.4, 0.5) is 0 Å². The maximum absolute atomic E-state index is 12.0. The Morgan fingerprint density at radius 2 is 1.86 bits per heavy atom. The number of hydrogen-bond acceptors (Lipinski definition) is 5. The highest BCUT2D eigenvalue weighted by atomic mass is 79.9. The first-order valence-electron chi connectivity index (χ1n) is 8.18. The van der Waals surface area contributed by atoms with Crippen LogP contribution in [-0.4, -0.2) is 30.9 Å². The lowest BCUT2D eigenvalue weighted by Crippen LogP contribution is -2.24. The molecule has 0 radical (unpaired) electrons. The monoisotopic (exact) mass is 506 g/mol. The molecule has 0 spiro atoms. The molecule has 28 heavy (non-hydrogen) atoms. The van der Waals surface area contributed by atoms with Crippen molar-refractivity contribution in [3.8, 4) is 17.2 Å². The van der Waals surface area contributed by atoms with Crippen LogP contribution in [0.2, 0.25) is 0 Å². The van der Waals surface area contributed by atoms with E-state index in [1.165, 1.54) is 13.3 Å². The fourth-order valence-electron chi connectivity index (χ4n) is 2.54. The topological polar surface area (TPSA) is 80.2 Å². The second kappa shape index (κ2) is 9.07. The Labute approximate surface area is 178 Å². The minimum absolute atomic E-state index is 0.00110. The third kappa shape index (κ3) is 4.63. The molecule has 144 valence electrons. The molecule has 1 amide bonds. The second-order valence-corrected chi connectivity index (χ2v) is 7.44. The second-order valence-electron chi connectivity index (χ2n) is 5.73. The van der Waals surface area contributed by atoms with Gasteiger partial charge in [0.15, 0.2) is 18.1 Å². The predicted molar refractivity (Wildman–Crippen MR) is 115 cm³/mol. The summed E-state index contributed by atoms with van der Waals surface area (Å²) in [5.41, 5.74) is 3.05. The molecule has 3 rings (SSSR count). The number of ether oxygens (including phenoxy) is 2. The van der Waals surface area contributed by atoms with E-state index in [2.05, 4.69) is 42.4 Å². The Morgan fingerprint density at radius 3 is 2.61 bits per heavy atom. The lowest BCUT2D eigenvalue weighted by atomic mass is 10.1. The summed E-state index contributed by atoms with van der Waals surface area (Å²) in [6.07, 6.45) is 1.44. The predicted octanol–water partition coefficient (Wildman–Crippen LogP) is 4.61. The number of fused-ring (bicyclic) bond motifs is 1. The third-order valence-corrected chi connectivity index (χ3v) is 5.16. The molecule has 0 saturated heterocycles. The number of phenolic OH excluding ortho intramolecular Hbond substituents is 1. The SMILES string of the molecule is COc1cc(/C=N/NC(=O)COc2ccc(Br)c3ccccc23)cc(Br)c1O. The number of aromatic hydroxyl groups is 1. The molecule has 0 aliphatic heterocycles. The fraction of sp³-hybridized carbons (Fsp3) is 0.100. The average molecular weight is 508 g/mol. The zero-order valence-electron chi connectivity index (χ0n) is 14.8. The molecule has 0 aliphatic rings. The first-order valence-corrected chi connectivity index (χ1v) is 9.76. The number of nitrogens with one attached hydrogen (secondary N) is 1. The van der Waals surface area contributed by atoms with E-state index in [4.69, 9.17) is 9.47 Å². The molecule has 0 aliphatic carbocycles. The highest BCUT2D eigenvalue weighted by molar-refractivity contribution is 9.11. The maximum Gasteiger partial charge on any atom is 0.277 e. The van der Waals surface area contributed by atoms with E-state index < -0.39 is 5.91 Å². The largest absolute Gasteiger partial charge is 0.503 e. The molecule has 0 aromatic heterocycles. The molecule has 0 fully saturated rings. The first kappa shape index (κ1) is 20.2. The van der Waals surface area contributed by atoms with Crippen molar-refractivity contribution in [1.29, 1.82) is 0 Å². The van der Waals surface area contributed by atoms with Gasteiger partial charge in [0.25, 0.3) is 5.91 Å². The molecule has 0 atom stereocenters. The quantitative estimate of drug-likeness (QED) is 0.377. The average Bonchev–Trinajstić information content (AvgIpc) is 2.70. The Balaban J connectivity index is 1.62. The lowest BCUT2D eigenvalue weighted by Gasteiger charge is -2.09. The van der Waals surface area contributed by atoms with Crippen molar-refractivity contribution in [3.05, 3.63) is 63.0 Å². The summed E-state index contributed by atoms with van der Waals surface area (Å²) in [6.45, 7) is -0.175. The van der Waals surface area contributed by atoms with Crippen molar-refractivity contribution in [2.45, 2.75) is 0 Å². The summed E-state index contributed by atoms with van der Waals surface area (Å²) < 4.78 is 12.1. The van der Waals surface area contributed by atoms with Crippen molar-refractivity contribution < 1.29 is 19.4 Å². The van der Waals surface area contributed by atoms with Crippen LogP contribution in [0.15, 0.2) is 62.6 Å². The lowest BCUT2D eigenvalue weighted by molar-refractivity contribution is -0.123. The summed E-state index contributed by atoms with van der Waals surface area (Å²) in [4.78, 5) is 12.0. The Bertz CT molecular complexity index is 1050. The Kier molecular flexibility index (Phi) is 6.53. The van der Waals surface area contributed by atoms with Crippen LogP contribution in [0.5, 0.6) is 17.2 Å². The van der Waals surface area contributed by atoms with Gasteiger partial charge in [0, 0.05) is 9.86 Å². The van der Waals surface area contributed by atoms with Gasteiger partial charge in [-0.1, -0.05) is 40.2 Å². The number of methoxy groups -OCH3 is 1. The van der Waals surface area contributed by atoms with Crippen LogP contribution in [0, 0.1) is 0 Å². The number of hydrogen-bond donors (Lipinski definition) is 2. The molecule has 0 heterocycles. The van der Waals surface area contributed by atoms with Crippen LogP contribution < -0.4 is 14.9 Å². The number of carbonyl (C=O) groups excluding carboxylic acids is 1. The van der Waals surface area contributed by atoms with Gasteiger partial charge in [-0.05, 0) is 51.1 Å². The van der Waals surface area contributed by atoms with Crippen LogP contribution in [0.1, 0.15) is 5.56 Å². The van der Waals surface area contributed by atoms with Gasteiger partial charge in [-0.25, -0.2) is 5.43 Å². The van der Waals surface area contributed by atoms with E-state index in [1.54, 1.807) is 12.1 Å². The summed E-state index contributed by atoms with van der Waals surface area (Å²) in [6, 6.07) is 14.7. The minimum Gasteiger partial charge on any atom is -0.503 e. The number of halogens is 2. The minimum atomic E-state index is -0.395. The highest BCUT2D eigenvalue weighted by Crippen LogP contribution is 2.34. The number of nitrogens with zero attached hydrogens (tertiary/aromatic N) is 1. The fourth-order valence-corrected chi connectivity index (χ4v) is 3.48. The van der Waals surface area contributed by atoms with E-state index >= 15 is 0 Å². The van der Waals surface area contributed by atoms with Gasteiger partial charge < -0.3 is 14.6 Å². The van der Waals surface area contributed by atoms with Crippen LogP contribution in [-0.2, 0) is 4.79 Å². The van der Waals surface area contributed by atoms with Crippen molar-refractivity contribution in [1.82, 2.24) is 5.43 Å². The molecule has 0 bridgehead atoms. The summed E-state index contributed by atoms with van der Waals surface area (Å²) in [5, 5.41) is 15.6.